The molecule has 0 spiro atoms. The van der Waals surface area contributed by atoms with Gasteiger partial charge in [0.05, 0.1) is 5.92 Å². The monoisotopic (exact) mass is 306 g/mol. The van der Waals surface area contributed by atoms with Gasteiger partial charge in [0.25, 0.3) is 0 Å². The van der Waals surface area contributed by atoms with Crippen molar-refractivity contribution in [3.63, 3.8) is 0 Å². The molecule has 1 aliphatic carbocycles. The molecule has 1 saturated carbocycles. The Morgan fingerprint density at radius 2 is 1.81 bits per heavy atom. The molecule has 1 saturated heterocycles. The molecule has 0 aromatic heterocycles. The number of carbonyl (C=O) groups excluding carboxylic acids is 1. The fourth-order valence-electron chi connectivity index (χ4n) is 3.61. The first-order valence-electron chi connectivity index (χ1n) is 7.74. The molecule has 1 amide bonds. The zero-order valence-corrected chi connectivity index (χ0v) is 12.7. The van der Waals surface area contributed by atoms with E-state index in [4.69, 9.17) is 5.73 Å². The first-order chi connectivity index (χ1) is 9.63. The molecule has 3 nitrogen and oxygen atoms in total. The standard InChI is InChI=1S/C15H25F3N2O/c1-14(2)9-20(8-7-12(14)19)13(21)10-5-3-4-6-11(10)15(16,17)18/h10-12H,3-9,19H2,1-2H3. The van der Waals surface area contributed by atoms with Crippen LogP contribution in [-0.2, 0) is 4.79 Å². The van der Waals surface area contributed by atoms with Gasteiger partial charge in [-0.1, -0.05) is 26.7 Å². The Balaban J connectivity index is 2.11. The van der Waals surface area contributed by atoms with Crippen molar-refractivity contribution < 1.29 is 18.0 Å². The van der Waals surface area contributed by atoms with E-state index < -0.39 is 18.0 Å². The predicted octanol–water partition coefficient (Wildman–Crippen LogP) is 2.94. The van der Waals surface area contributed by atoms with E-state index in [9.17, 15) is 18.0 Å². The van der Waals surface area contributed by atoms with Crippen LogP contribution in [0.2, 0.25) is 0 Å². The summed E-state index contributed by atoms with van der Waals surface area (Å²) in [5, 5.41) is 0. The Morgan fingerprint density at radius 3 is 2.38 bits per heavy atom. The average Bonchev–Trinajstić information content (AvgIpc) is 2.40. The first-order valence-corrected chi connectivity index (χ1v) is 7.74. The Bertz CT molecular complexity index is 395. The number of nitrogens with zero attached hydrogens (tertiary/aromatic N) is 1. The number of halogens is 3. The van der Waals surface area contributed by atoms with Crippen molar-refractivity contribution in [2.24, 2.45) is 23.0 Å². The topological polar surface area (TPSA) is 46.3 Å². The van der Waals surface area contributed by atoms with Crippen LogP contribution in [0.4, 0.5) is 13.2 Å². The number of rotatable bonds is 1. The van der Waals surface area contributed by atoms with Gasteiger partial charge < -0.3 is 10.6 Å². The normalized spacial score (nSPS) is 33.8. The van der Waals surface area contributed by atoms with E-state index in [0.29, 0.717) is 38.8 Å². The van der Waals surface area contributed by atoms with Crippen molar-refractivity contribution in [1.29, 1.82) is 0 Å². The minimum atomic E-state index is -4.28. The summed E-state index contributed by atoms with van der Waals surface area (Å²) in [6, 6.07) is -0.00804. The Hall–Kier alpha value is -0.780. The van der Waals surface area contributed by atoms with Gasteiger partial charge in [0, 0.05) is 25.0 Å². The highest BCUT2D eigenvalue weighted by Gasteiger charge is 2.49. The van der Waals surface area contributed by atoms with Crippen LogP contribution in [0.15, 0.2) is 0 Å². The highest BCUT2D eigenvalue weighted by atomic mass is 19.4. The summed E-state index contributed by atoms with van der Waals surface area (Å²) in [5.41, 5.74) is 5.79. The average molecular weight is 306 g/mol. The van der Waals surface area contributed by atoms with Crippen LogP contribution in [0.1, 0.15) is 46.0 Å². The molecule has 0 aromatic rings. The van der Waals surface area contributed by atoms with Gasteiger partial charge in [-0.05, 0) is 24.7 Å². The number of piperidine rings is 1. The zero-order chi connectivity index (χ0) is 15.8. The minimum absolute atomic E-state index is 0.00804. The third kappa shape index (κ3) is 3.52. The molecule has 0 aromatic carbocycles. The van der Waals surface area contributed by atoms with E-state index in [2.05, 4.69) is 0 Å². The van der Waals surface area contributed by atoms with Crippen LogP contribution in [0.3, 0.4) is 0 Å². The number of carbonyl (C=O) groups is 1. The van der Waals surface area contributed by atoms with Crippen molar-refractivity contribution >= 4 is 5.91 Å². The number of hydrogen-bond donors (Lipinski definition) is 1. The fraction of sp³-hybridized carbons (Fsp3) is 0.933. The second kappa shape index (κ2) is 5.78. The summed E-state index contributed by atoms with van der Waals surface area (Å²) in [7, 11) is 0. The summed E-state index contributed by atoms with van der Waals surface area (Å²) < 4.78 is 39.4. The molecule has 1 heterocycles. The number of amides is 1. The predicted molar refractivity (Wildman–Crippen MR) is 74.5 cm³/mol. The van der Waals surface area contributed by atoms with Gasteiger partial charge in [-0.3, -0.25) is 4.79 Å². The summed E-state index contributed by atoms with van der Waals surface area (Å²) >= 11 is 0. The Kier molecular flexibility index (Phi) is 4.57. The van der Waals surface area contributed by atoms with Crippen molar-refractivity contribution in [3.8, 4) is 0 Å². The van der Waals surface area contributed by atoms with Crippen molar-refractivity contribution in [2.75, 3.05) is 13.1 Å². The molecule has 3 atom stereocenters. The number of alkyl halides is 3. The molecule has 21 heavy (non-hydrogen) atoms. The Labute approximate surface area is 124 Å². The molecule has 0 bridgehead atoms. The van der Waals surface area contributed by atoms with E-state index in [0.717, 1.165) is 0 Å². The quantitative estimate of drug-likeness (QED) is 0.809. The second-order valence-electron chi connectivity index (χ2n) is 7.18. The number of likely N-dealkylation sites (tertiary alicyclic amines) is 1. The van der Waals surface area contributed by atoms with Crippen LogP contribution >= 0.6 is 0 Å². The zero-order valence-electron chi connectivity index (χ0n) is 12.7. The van der Waals surface area contributed by atoms with Gasteiger partial charge in [0.15, 0.2) is 0 Å². The third-order valence-corrected chi connectivity index (χ3v) is 5.13. The summed E-state index contributed by atoms with van der Waals surface area (Å²) in [6.07, 6.45) is -1.92. The lowest BCUT2D eigenvalue weighted by Gasteiger charge is -2.45. The van der Waals surface area contributed by atoms with Gasteiger partial charge in [-0.25, -0.2) is 0 Å². The smallest absolute Gasteiger partial charge is 0.342 e. The maximum absolute atomic E-state index is 13.1. The highest BCUT2D eigenvalue weighted by molar-refractivity contribution is 5.79. The lowest BCUT2D eigenvalue weighted by Crippen LogP contribution is -2.56. The van der Waals surface area contributed by atoms with Gasteiger partial charge in [0.2, 0.25) is 5.91 Å². The van der Waals surface area contributed by atoms with E-state index in [1.165, 1.54) is 0 Å². The van der Waals surface area contributed by atoms with Gasteiger partial charge in [-0.2, -0.15) is 13.2 Å². The Morgan fingerprint density at radius 1 is 1.19 bits per heavy atom. The molecule has 1 aliphatic heterocycles. The minimum Gasteiger partial charge on any atom is -0.342 e. The van der Waals surface area contributed by atoms with Crippen LogP contribution in [0.5, 0.6) is 0 Å². The van der Waals surface area contributed by atoms with Crippen molar-refractivity contribution in [2.45, 2.75) is 58.2 Å². The second-order valence-corrected chi connectivity index (χ2v) is 7.18. The van der Waals surface area contributed by atoms with E-state index in [-0.39, 0.29) is 23.8 Å². The molecule has 2 aliphatic rings. The summed E-state index contributed by atoms with van der Waals surface area (Å²) in [4.78, 5) is 14.2. The van der Waals surface area contributed by atoms with E-state index in [1.54, 1.807) is 4.90 Å². The summed E-state index contributed by atoms with van der Waals surface area (Å²) in [6.45, 7) is 4.87. The molecule has 2 rings (SSSR count). The highest BCUT2D eigenvalue weighted by Crippen LogP contribution is 2.43. The molecule has 2 fully saturated rings. The maximum Gasteiger partial charge on any atom is 0.392 e. The lowest BCUT2D eigenvalue weighted by molar-refractivity contribution is -0.201. The SMILES string of the molecule is CC1(C)CN(C(=O)C2CCCCC2C(F)(F)F)CCC1N. The third-order valence-electron chi connectivity index (χ3n) is 5.13. The van der Waals surface area contributed by atoms with Gasteiger partial charge in [0.1, 0.15) is 0 Å². The first kappa shape index (κ1) is 16.6. The van der Waals surface area contributed by atoms with Crippen LogP contribution < -0.4 is 5.73 Å². The van der Waals surface area contributed by atoms with Crippen molar-refractivity contribution in [3.05, 3.63) is 0 Å². The number of nitrogens with two attached hydrogens (primary N) is 1. The molecule has 3 unspecified atom stereocenters. The van der Waals surface area contributed by atoms with Crippen molar-refractivity contribution in [1.82, 2.24) is 4.90 Å². The van der Waals surface area contributed by atoms with Crippen LogP contribution in [0, 0.1) is 17.3 Å². The number of hydrogen-bond acceptors (Lipinski definition) is 2. The molecule has 2 N–H and O–H groups in total. The van der Waals surface area contributed by atoms with Gasteiger partial charge >= 0.3 is 6.18 Å². The van der Waals surface area contributed by atoms with Gasteiger partial charge in [-0.15, -0.1) is 0 Å². The molecule has 122 valence electrons. The molecular formula is C15H25F3N2O. The maximum atomic E-state index is 13.1. The molecular weight excluding hydrogens is 281 g/mol. The van der Waals surface area contributed by atoms with E-state index in [1.807, 2.05) is 13.8 Å². The molecule has 0 radical (unpaired) electrons. The fourth-order valence-corrected chi connectivity index (χ4v) is 3.61. The molecule has 6 heteroatoms. The van der Waals surface area contributed by atoms with Crippen LogP contribution in [-0.4, -0.2) is 36.1 Å². The largest absolute Gasteiger partial charge is 0.392 e. The summed E-state index contributed by atoms with van der Waals surface area (Å²) in [5.74, 6) is -2.70. The lowest BCUT2D eigenvalue weighted by atomic mass is 9.76. The van der Waals surface area contributed by atoms with E-state index >= 15 is 0 Å². The van der Waals surface area contributed by atoms with Crippen LogP contribution in [0.25, 0.3) is 0 Å².